The van der Waals surface area contributed by atoms with Gasteiger partial charge in [-0.3, -0.25) is 4.79 Å². The van der Waals surface area contributed by atoms with Gasteiger partial charge in [-0.2, -0.15) is 18.3 Å². The van der Waals surface area contributed by atoms with Gasteiger partial charge in [-0.25, -0.2) is 4.68 Å². The summed E-state index contributed by atoms with van der Waals surface area (Å²) in [6, 6.07) is 5.77. The lowest BCUT2D eigenvalue weighted by atomic mass is 9.97. The summed E-state index contributed by atoms with van der Waals surface area (Å²) in [6.45, 7) is 1.63. The minimum atomic E-state index is -4.59. The molecule has 0 saturated heterocycles. The number of aryl methyl sites for hydroxylation is 1. The maximum atomic E-state index is 13.8. The number of rotatable bonds is 3. The van der Waals surface area contributed by atoms with Crippen LogP contribution in [0.3, 0.4) is 0 Å². The average molecular weight is 505 g/mol. The largest absolute Gasteiger partial charge is 0.410 e. The number of nitrogens with one attached hydrogen (secondary N) is 2. The van der Waals surface area contributed by atoms with E-state index in [1.54, 1.807) is 31.2 Å². The van der Waals surface area contributed by atoms with Crippen molar-refractivity contribution in [1.82, 2.24) is 14.9 Å². The zero-order chi connectivity index (χ0) is 21.6. The Morgan fingerprint density at radius 3 is 2.67 bits per heavy atom. The van der Waals surface area contributed by atoms with Crippen molar-refractivity contribution in [3.05, 3.63) is 56.8 Å². The Morgan fingerprint density at radius 2 is 2.07 bits per heavy atom. The Morgan fingerprint density at radius 1 is 1.37 bits per heavy atom. The maximum absolute atomic E-state index is 13.8. The first kappa shape index (κ1) is 20.7. The zero-order valence-electron chi connectivity index (χ0n) is 15.3. The topological polar surface area (TPSA) is 85.0 Å². The highest BCUT2D eigenvalue weighted by molar-refractivity contribution is 9.10. The van der Waals surface area contributed by atoms with E-state index in [1.165, 1.54) is 6.07 Å². The highest BCUT2D eigenvalue weighted by atomic mass is 79.9. The van der Waals surface area contributed by atoms with Gasteiger partial charge in [0, 0.05) is 17.0 Å². The van der Waals surface area contributed by atoms with E-state index < -0.39 is 24.2 Å². The number of hydrogen-bond donors (Lipinski definition) is 2. The summed E-state index contributed by atoms with van der Waals surface area (Å²) in [5, 5.41) is 12.7. The molecule has 3 aromatic rings. The summed E-state index contributed by atoms with van der Waals surface area (Å²) in [5.41, 5.74) is 0.311. The van der Waals surface area contributed by atoms with E-state index in [0.29, 0.717) is 11.3 Å². The number of carbonyl (C=O) groups is 1. The zero-order valence-corrected chi connectivity index (χ0v) is 17.6. The van der Waals surface area contributed by atoms with E-state index in [1.807, 2.05) is 0 Å². The molecule has 3 heterocycles. The van der Waals surface area contributed by atoms with Crippen molar-refractivity contribution in [3.63, 3.8) is 0 Å². The van der Waals surface area contributed by atoms with Crippen molar-refractivity contribution in [2.75, 3.05) is 10.6 Å². The Bertz CT molecular complexity index is 1100. The van der Waals surface area contributed by atoms with E-state index in [9.17, 15) is 18.0 Å². The van der Waals surface area contributed by atoms with Gasteiger partial charge in [0.15, 0.2) is 17.6 Å². The molecule has 2 atom stereocenters. The molecule has 4 rings (SSSR count). The third-order valence-corrected chi connectivity index (χ3v) is 5.54. The van der Waals surface area contributed by atoms with Crippen molar-refractivity contribution in [2.24, 2.45) is 0 Å². The Balaban J connectivity index is 1.70. The molecule has 2 N–H and O–H groups in total. The SMILES string of the molecule is Cc1cc(NC(=O)c2nn3c(c2Cl)N[C@H](c2ccc(Br)cc2)C[C@@H]3C(F)(F)F)no1. The summed E-state index contributed by atoms with van der Waals surface area (Å²) in [4.78, 5) is 12.5. The van der Waals surface area contributed by atoms with E-state index in [0.717, 1.165) is 9.15 Å². The van der Waals surface area contributed by atoms with Gasteiger partial charge in [0.1, 0.15) is 16.6 Å². The van der Waals surface area contributed by atoms with Crippen LogP contribution >= 0.6 is 27.5 Å². The smallest absolute Gasteiger partial charge is 0.362 e. The van der Waals surface area contributed by atoms with Crippen molar-refractivity contribution >= 4 is 45.1 Å². The number of aromatic nitrogens is 3. The van der Waals surface area contributed by atoms with Gasteiger partial charge in [0.05, 0.1) is 6.04 Å². The molecule has 0 radical (unpaired) electrons. The third-order valence-electron chi connectivity index (χ3n) is 4.65. The number of carbonyl (C=O) groups excluding carboxylic acids is 1. The van der Waals surface area contributed by atoms with Crippen LogP contribution in [-0.2, 0) is 0 Å². The number of anilines is 2. The molecular formula is C18H14BrClF3N5O2. The van der Waals surface area contributed by atoms with Gasteiger partial charge >= 0.3 is 6.18 Å². The van der Waals surface area contributed by atoms with Crippen LogP contribution in [-0.4, -0.2) is 27.0 Å². The molecule has 7 nitrogen and oxygen atoms in total. The monoisotopic (exact) mass is 503 g/mol. The molecule has 12 heteroatoms. The molecule has 1 aliphatic heterocycles. The van der Waals surface area contributed by atoms with E-state index >= 15 is 0 Å². The molecule has 158 valence electrons. The molecule has 1 aromatic carbocycles. The molecule has 2 aromatic heterocycles. The van der Waals surface area contributed by atoms with Crippen molar-refractivity contribution in [1.29, 1.82) is 0 Å². The van der Waals surface area contributed by atoms with Gasteiger partial charge in [0.2, 0.25) is 0 Å². The third kappa shape index (κ3) is 3.91. The molecule has 0 aliphatic carbocycles. The summed E-state index contributed by atoms with van der Waals surface area (Å²) in [5.74, 6) is -0.304. The predicted octanol–water partition coefficient (Wildman–Crippen LogP) is 5.51. The molecule has 0 unspecified atom stereocenters. The van der Waals surface area contributed by atoms with Crippen LogP contribution in [0.4, 0.5) is 24.8 Å². The van der Waals surface area contributed by atoms with E-state index in [4.69, 9.17) is 16.1 Å². The van der Waals surface area contributed by atoms with Gasteiger partial charge in [-0.1, -0.05) is 44.8 Å². The Hall–Kier alpha value is -2.53. The molecule has 1 amide bonds. The summed E-state index contributed by atoms with van der Waals surface area (Å²) in [6.07, 6.45) is -4.89. The molecule has 0 saturated carbocycles. The molecule has 30 heavy (non-hydrogen) atoms. The second-order valence-corrected chi connectivity index (χ2v) is 8.07. The number of halogens is 5. The van der Waals surface area contributed by atoms with E-state index in [-0.39, 0.29) is 28.8 Å². The second-order valence-electron chi connectivity index (χ2n) is 6.77. The lowest BCUT2D eigenvalue weighted by Gasteiger charge is -2.33. The van der Waals surface area contributed by atoms with Crippen molar-refractivity contribution in [3.8, 4) is 0 Å². The lowest BCUT2D eigenvalue weighted by Crippen LogP contribution is -2.35. The van der Waals surface area contributed by atoms with E-state index in [2.05, 4.69) is 36.8 Å². The molecule has 0 fully saturated rings. The van der Waals surface area contributed by atoms with Gasteiger partial charge in [-0.05, 0) is 24.6 Å². The molecule has 0 bridgehead atoms. The highest BCUT2D eigenvalue weighted by Crippen LogP contribution is 2.46. The van der Waals surface area contributed by atoms with Crippen LogP contribution in [0.1, 0.15) is 40.3 Å². The predicted molar refractivity (Wildman–Crippen MR) is 107 cm³/mol. The standard InChI is InChI=1S/C18H14BrClF3N5O2/c1-8-6-13(27-30-8)25-17(29)15-14(20)16-24-11(9-2-4-10(19)5-3-9)7-12(18(21,22)23)28(16)26-15/h2-6,11-12,24H,7H2,1H3,(H,25,27,29)/t11-,12+/m0/s1. The number of alkyl halides is 3. The number of hydrogen-bond acceptors (Lipinski definition) is 5. The first-order chi connectivity index (χ1) is 14.1. The fraction of sp³-hybridized carbons (Fsp3) is 0.278. The fourth-order valence-corrected chi connectivity index (χ4v) is 3.78. The number of benzene rings is 1. The normalized spacial score (nSPS) is 18.6. The molecular weight excluding hydrogens is 491 g/mol. The van der Waals surface area contributed by atoms with Crippen LogP contribution in [0.2, 0.25) is 5.02 Å². The van der Waals surface area contributed by atoms with Crippen molar-refractivity contribution in [2.45, 2.75) is 31.6 Å². The Labute approximate surface area is 181 Å². The summed E-state index contributed by atoms with van der Waals surface area (Å²) < 4.78 is 47.8. The first-order valence-corrected chi connectivity index (χ1v) is 9.92. The highest BCUT2D eigenvalue weighted by Gasteiger charge is 2.47. The first-order valence-electron chi connectivity index (χ1n) is 8.75. The molecule has 1 aliphatic rings. The summed E-state index contributed by atoms with van der Waals surface area (Å²) in [7, 11) is 0. The van der Waals surface area contributed by atoms with Gasteiger partial charge in [-0.15, -0.1) is 0 Å². The van der Waals surface area contributed by atoms with Crippen LogP contribution in [0.5, 0.6) is 0 Å². The van der Waals surface area contributed by atoms with Gasteiger partial charge in [0.25, 0.3) is 5.91 Å². The fourth-order valence-electron chi connectivity index (χ4n) is 3.25. The maximum Gasteiger partial charge on any atom is 0.410 e. The van der Waals surface area contributed by atoms with Crippen molar-refractivity contribution < 1.29 is 22.5 Å². The average Bonchev–Trinajstić information content (AvgIpc) is 3.24. The quantitative estimate of drug-likeness (QED) is 0.491. The minimum absolute atomic E-state index is 0.0698. The van der Waals surface area contributed by atoms with Crippen LogP contribution < -0.4 is 10.6 Å². The minimum Gasteiger partial charge on any atom is -0.362 e. The van der Waals surface area contributed by atoms with Crippen LogP contribution in [0.15, 0.2) is 39.3 Å². The number of nitrogens with zero attached hydrogens (tertiary/aromatic N) is 3. The van der Waals surface area contributed by atoms with Gasteiger partial charge < -0.3 is 15.2 Å². The van der Waals surface area contributed by atoms with Crippen LogP contribution in [0.25, 0.3) is 0 Å². The summed E-state index contributed by atoms with van der Waals surface area (Å²) >= 11 is 9.58. The van der Waals surface area contributed by atoms with Crippen LogP contribution in [0, 0.1) is 6.92 Å². The number of fused-ring (bicyclic) bond motifs is 1. The Kier molecular flexibility index (Phi) is 5.27. The lowest BCUT2D eigenvalue weighted by molar-refractivity contribution is -0.173. The number of amides is 1. The second kappa shape index (κ2) is 7.62. The molecule has 0 spiro atoms.